The fourth-order valence-electron chi connectivity index (χ4n) is 8.50. The van der Waals surface area contributed by atoms with Crippen LogP contribution in [0.5, 0.6) is 0 Å². The van der Waals surface area contributed by atoms with Crippen LogP contribution in [0.25, 0.3) is 101 Å². The minimum atomic E-state index is 0.0321. The molecule has 4 nitrogen and oxygen atoms in total. The molecule has 0 atom stereocenters. The van der Waals surface area contributed by atoms with Crippen molar-refractivity contribution in [3.8, 4) is 101 Å². The van der Waals surface area contributed by atoms with Crippen LogP contribution in [0.1, 0.15) is 26.3 Å². The van der Waals surface area contributed by atoms with Crippen LogP contribution in [0.4, 0.5) is 0 Å². The molecule has 0 amide bonds. The zero-order valence-corrected chi connectivity index (χ0v) is 36.2. The third-order valence-corrected chi connectivity index (χ3v) is 11.9. The Morgan fingerprint density at radius 1 is 0.266 bits per heavy atom. The molecule has 306 valence electrons. The lowest BCUT2D eigenvalue weighted by molar-refractivity contribution is 0.589. The molecule has 0 aliphatic rings. The maximum Gasteiger partial charge on any atom is 0.0780 e. The summed E-state index contributed by atoms with van der Waals surface area (Å²) in [6.07, 6.45) is 7.48. The number of hydrogen-bond donors (Lipinski definition) is 0. The minimum Gasteiger partial charge on any atom is -0.256 e. The van der Waals surface area contributed by atoms with Gasteiger partial charge in [-0.1, -0.05) is 160 Å². The Morgan fingerprint density at radius 2 is 0.641 bits per heavy atom. The Hall–Kier alpha value is -8.08. The van der Waals surface area contributed by atoms with Gasteiger partial charge in [0.15, 0.2) is 0 Å². The van der Waals surface area contributed by atoms with Crippen molar-refractivity contribution in [1.29, 1.82) is 0 Å². The topological polar surface area (TPSA) is 51.6 Å². The Labute approximate surface area is 375 Å². The summed E-state index contributed by atoms with van der Waals surface area (Å²) in [6.45, 7) is 6.70. The maximum atomic E-state index is 5.05. The van der Waals surface area contributed by atoms with Gasteiger partial charge in [-0.05, 0) is 122 Å². The van der Waals surface area contributed by atoms with E-state index in [9.17, 15) is 0 Å². The van der Waals surface area contributed by atoms with Gasteiger partial charge in [0.05, 0.1) is 22.8 Å². The Kier molecular flexibility index (Phi) is 10.9. The first-order valence-electron chi connectivity index (χ1n) is 21.8. The summed E-state index contributed by atoms with van der Waals surface area (Å²) >= 11 is 0. The SMILES string of the molecule is CC(C)(C)c1ccnc(-c2ccc(-c3ncccc3-c3cc(-c4ccccc4-c4ccc(-c5ccccn5)cc4)cc(-c4ccccc4-c4ccc(-c5ccccn5)cc4)c3)cc2)c1. The predicted octanol–water partition coefficient (Wildman–Crippen LogP) is 15.6. The van der Waals surface area contributed by atoms with Gasteiger partial charge >= 0.3 is 0 Å². The van der Waals surface area contributed by atoms with Crippen LogP contribution in [0.2, 0.25) is 0 Å². The summed E-state index contributed by atoms with van der Waals surface area (Å²) in [5.41, 5.74) is 20.6. The highest BCUT2D eigenvalue weighted by Crippen LogP contribution is 2.42. The molecule has 4 aromatic heterocycles. The average molecular weight is 823 g/mol. The normalized spacial score (nSPS) is 11.4. The van der Waals surface area contributed by atoms with Crippen LogP contribution in [0, 0.1) is 0 Å². The molecule has 0 bridgehead atoms. The van der Waals surface area contributed by atoms with Gasteiger partial charge in [0.1, 0.15) is 0 Å². The van der Waals surface area contributed by atoms with Gasteiger partial charge in [-0.2, -0.15) is 0 Å². The quantitative estimate of drug-likeness (QED) is 0.145. The molecule has 4 heterocycles. The summed E-state index contributed by atoms with van der Waals surface area (Å²) in [5, 5.41) is 0. The van der Waals surface area contributed by atoms with E-state index in [2.05, 4.69) is 188 Å². The molecule has 0 saturated heterocycles. The van der Waals surface area contributed by atoms with Gasteiger partial charge in [-0.3, -0.25) is 19.9 Å². The van der Waals surface area contributed by atoms with Crippen molar-refractivity contribution in [3.05, 3.63) is 231 Å². The first-order chi connectivity index (χ1) is 31.4. The van der Waals surface area contributed by atoms with E-state index < -0.39 is 0 Å². The summed E-state index contributed by atoms with van der Waals surface area (Å²) in [6, 6.07) is 71.1. The highest BCUT2D eigenvalue weighted by Gasteiger charge is 2.18. The van der Waals surface area contributed by atoms with Crippen LogP contribution >= 0.6 is 0 Å². The van der Waals surface area contributed by atoms with Crippen molar-refractivity contribution in [1.82, 2.24) is 19.9 Å². The van der Waals surface area contributed by atoms with E-state index >= 15 is 0 Å². The van der Waals surface area contributed by atoms with Crippen molar-refractivity contribution < 1.29 is 0 Å². The second kappa shape index (κ2) is 17.4. The highest BCUT2D eigenvalue weighted by atomic mass is 14.7. The standard InChI is InChI=1S/C60H46N4/c1-60(2,3)50-32-36-63-58(40-50)45-28-30-46(31-29-45)59-55(17-12-35-64-59)49-38-47(53-15-6-4-13-51(53)41-20-24-43(25-21-41)56-18-8-10-33-61-56)37-48(39-49)54-16-7-5-14-52(54)42-22-26-44(27-23-42)57-19-9-11-34-62-57/h4-40H,1-3H3. The van der Waals surface area contributed by atoms with E-state index in [1.54, 1.807) is 0 Å². The lowest BCUT2D eigenvalue weighted by atomic mass is 9.86. The lowest BCUT2D eigenvalue weighted by Gasteiger charge is -2.19. The third kappa shape index (κ3) is 8.30. The minimum absolute atomic E-state index is 0.0321. The van der Waals surface area contributed by atoms with Crippen LogP contribution in [-0.2, 0) is 5.41 Å². The van der Waals surface area contributed by atoms with E-state index in [-0.39, 0.29) is 5.41 Å². The lowest BCUT2D eigenvalue weighted by Crippen LogP contribution is -2.11. The Bertz CT molecular complexity index is 3060. The molecule has 4 heteroatoms. The largest absolute Gasteiger partial charge is 0.256 e. The molecule has 0 aliphatic carbocycles. The molecule has 0 unspecified atom stereocenters. The Morgan fingerprint density at radius 3 is 1.11 bits per heavy atom. The number of rotatable bonds is 9. The molecular formula is C60H46N4. The maximum absolute atomic E-state index is 5.05. The molecule has 64 heavy (non-hydrogen) atoms. The first-order valence-corrected chi connectivity index (χ1v) is 21.8. The molecule has 0 aliphatic heterocycles. The zero-order valence-electron chi connectivity index (χ0n) is 36.2. The van der Waals surface area contributed by atoms with Gasteiger partial charge in [-0.25, -0.2) is 0 Å². The van der Waals surface area contributed by atoms with Crippen LogP contribution in [0.3, 0.4) is 0 Å². The highest BCUT2D eigenvalue weighted by molar-refractivity contribution is 5.94. The molecule has 0 fully saturated rings. The summed E-state index contributed by atoms with van der Waals surface area (Å²) in [4.78, 5) is 19.0. The van der Waals surface area contributed by atoms with Gasteiger partial charge in [0.25, 0.3) is 0 Å². The summed E-state index contributed by atoms with van der Waals surface area (Å²) < 4.78 is 0. The molecule has 10 rings (SSSR count). The zero-order chi connectivity index (χ0) is 43.5. The van der Waals surface area contributed by atoms with Crippen LogP contribution < -0.4 is 0 Å². The fourth-order valence-corrected chi connectivity index (χ4v) is 8.50. The molecule has 0 N–H and O–H groups in total. The van der Waals surface area contributed by atoms with E-state index in [0.29, 0.717) is 0 Å². The number of pyridine rings is 4. The second-order valence-electron chi connectivity index (χ2n) is 17.1. The van der Waals surface area contributed by atoms with Crippen molar-refractivity contribution >= 4 is 0 Å². The first kappa shape index (κ1) is 40.0. The van der Waals surface area contributed by atoms with Gasteiger partial charge in [-0.15, -0.1) is 0 Å². The number of aromatic nitrogens is 4. The number of hydrogen-bond acceptors (Lipinski definition) is 4. The smallest absolute Gasteiger partial charge is 0.0780 e. The third-order valence-electron chi connectivity index (χ3n) is 11.9. The van der Waals surface area contributed by atoms with E-state index in [1.807, 2.05) is 67.3 Å². The number of benzene rings is 6. The molecule has 0 radical (unpaired) electrons. The summed E-state index contributed by atoms with van der Waals surface area (Å²) in [7, 11) is 0. The van der Waals surface area contributed by atoms with Crippen molar-refractivity contribution in [2.45, 2.75) is 26.2 Å². The van der Waals surface area contributed by atoms with Crippen LogP contribution in [-0.4, -0.2) is 19.9 Å². The molecule has 0 saturated carbocycles. The molecule has 6 aromatic carbocycles. The number of nitrogens with zero attached hydrogens (tertiary/aromatic N) is 4. The molecule has 10 aromatic rings. The predicted molar refractivity (Wildman–Crippen MR) is 265 cm³/mol. The fraction of sp³-hybridized carbons (Fsp3) is 0.0667. The van der Waals surface area contributed by atoms with Gasteiger partial charge in [0.2, 0.25) is 0 Å². The van der Waals surface area contributed by atoms with Gasteiger partial charge in [0, 0.05) is 52.6 Å². The van der Waals surface area contributed by atoms with Gasteiger partial charge < -0.3 is 0 Å². The Balaban J connectivity index is 1.10. The summed E-state index contributed by atoms with van der Waals surface area (Å²) in [5.74, 6) is 0. The van der Waals surface area contributed by atoms with Crippen LogP contribution in [0.15, 0.2) is 225 Å². The monoisotopic (exact) mass is 822 g/mol. The van der Waals surface area contributed by atoms with Crippen molar-refractivity contribution in [3.63, 3.8) is 0 Å². The average Bonchev–Trinajstić information content (AvgIpc) is 3.37. The molecular weight excluding hydrogens is 777 g/mol. The second-order valence-corrected chi connectivity index (χ2v) is 17.1. The molecule has 0 spiro atoms. The van der Waals surface area contributed by atoms with E-state index in [1.165, 1.54) is 5.56 Å². The van der Waals surface area contributed by atoms with Crippen molar-refractivity contribution in [2.24, 2.45) is 0 Å². The van der Waals surface area contributed by atoms with E-state index in [0.717, 1.165) is 101 Å². The van der Waals surface area contributed by atoms with Crippen molar-refractivity contribution in [2.75, 3.05) is 0 Å². The van der Waals surface area contributed by atoms with E-state index in [4.69, 9.17) is 9.97 Å².